The zero-order chi connectivity index (χ0) is 18.8. The quantitative estimate of drug-likeness (QED) is 0.721. The van der Waals surface area contributed by atoms with Crippen LogP contribution in [0.2, 0.25) is 0 Å². The van der Waals surface area contributed by atoms with E-state index in [2.05, 4.69) is 14.8 Å². The Morgan fingerprint density at radius 3 is 1.96 bits per heavy atom. The summed E-state index contributed by atoms with van der Waals surface area (Å²) < 4.78 is 14.4. The van der Waals surface area contributed by atoms with Crippen LogP contribution in [0.15, 0.2) is 18.2 Å². The van der Waals surface area contributed by atoms with Gasteiger partial charge in [0.05, 0.1) is 32.0 Å². The third kappa shape index (κ3) is 6.07. The van der Waals surface area contributed by atoms with Crippen molar-refractivity contribution in [3.05, 3.63) is 29.3 Å². The van der Waals surface area contributed by atoms with Crippen molar-refractivity contribution < 1.29 is 28.6 Å². The van der Waals surface area contributed by atoms with Crippen LogP contribution >= 0.6 is 0 Å². The smallest absolute Gasteiger partial charge is 0.337 e. The number of benzene rings is 1. The van der Waals surface area contributed by atoms with Crippen molar-refractivity contribution >= 4 is 23.7 Å². The Morgan fingerprint density at radius 1 is 0.960 bits per heavy atom. The summed E-state index contributed by atoms with van der Waals surface area (Å²) in [6.45, 7) is 3.34. The summed E-state index contributed by atoms with van der Waals surface area (Å²) in [5, 5.41) is 2.69. The van der Waals surface area contributed by atoms with Crippen LogP contribution in [0.1, 0.15) is 34.1 Å². The van der Waals surface area contributed by atoms with Gasteiger partial charge in [0.1, 0.15) is 0 Å². The van der Waals surface area contributed by atoms with Gasteiger partial charge in [0.25, 0.3) is 0 Å². The molecule has 0 aliphatic rings. The number of esters is 2. The fraction of sp³-hybridized carbons (Fsp3) is 0.471. The van der Waals surface area contributed by atoms with Crippen LogP contribution in [-0.2, 0) is 14.2 Å². The summed E-state index contributed by atoms with van der Waals surface area (Å²) >= 11 is 0. The van der Waals surface area contributed by atoms with E-state index in [-0.39, 0.29) is 17.2 Å². The molecule has 0 fully saturated rings. The van der Waals surface area contributed by atoms with E-state index in [9.17, 15) is 14.4 Å². The lowest BCUT2D eigenvalue weighted by Crippen LogP contribution is -2.37. The number of carbonyl (C=O) groups excluding carboxylic acids is 3. The minimum atomic E-state index is -0.619. The number of methoxy groups -OCH3 is 3. The number of ether oxygens (including phenoxy) is 3. The molecule has 1 aromatic carbocycles. The van der Waals surface area contributed by atoms with Gasteiger partial charge < -0.3 is 24.4 Å². The van der Waals surface area contributed by atoms with Gasteiger partial charge in [-0.1, -0.05) is 6.92 Å². The van der Waals surface area contributed by atoms with Crippen molar-refractivity contribution in [3.63, 3.8) is 0 Å². The Bertz CT molecular complexity index is 583. The Hall–Kier alpha value is -2.61. The van der Waals surface area contributed by atoms with Gasteiger partial charge in [0, 0.05) is 25.9 Å². The highest BCUT2D eigenvalue weighted by Gasteiger charge is 2.17. The number of nitrogens with one attached hydrogen (secondary N) is 1. The molecule has 0 atom stereocenters. The predicted molar refractivity (Wildman–Crippen MR) is 91.9 cm³/mol. The second-order valence-corrected chi connectivity index (χ2v) is 5.19. The molecule has 0 spiro atoms. The van der Waals surface area contributed by atoms with E-state index >= 15 is 0 Å². The van der Waals surface area contributed by atoms with Crippen molar-refractivity contribution in [1.82, 2.24) is 4.90 Å². The number of urea groups is 1. The molecule has 0 bridgehead atoms. The molecule has 1 rings (SSSR count). The highest BCUT2D eigenvalue weighted by molar-refractivity contribution is 5.99. The molecule has 0 aliphatic carbocycles. The molecule has 1 aromatic rings. The Morgan fingerprint density at radius 2 is 1.52 bits per heavy atom. The first-order valence-electron chi connectivity index (χ1n) is 7.83. The van der Waals surface area contributed by atoms with E-state index in [0.717, 1.165) is 6.42 Å². The first-order chi connectivity index (χ1) is 12.0. The number of anilines is 1. The van der Waals surface area contributed by atoms with Crippen LogP contribution in [0, 0.1) is 0 Å². The highest BCUT2D eigenvalue weighted by Crippen LogP contribution is 2.17. The molecule has 0 aliphatic heterocycles. The van der Waals surface area contributed by atoms with Crippen LogP contribution in [0.25, 0.3) is 0 Å². The highest BCUT2D eigenvalue weighted by atomic mass is 16.5. The zero-order valence-corrected chi connectivity index (χ0v) is 15.0. The molecule has 0 heterocycles. The predicted octanol–water partition coefficient (Wildman–Crippen LogP) is 2.15. The maximum absolute atomic E-state index is 12.4. The molecule has 138 valence electrons. The number of hydrogen-bond donors (Lipinski definition) is 1. The molecule has 8 nitrogen and oxygen atoms in total. The standard InChI is InChI=1S/C17H24N2O6/c1-5-6-19(7-8-23-2)17(22)18-14-10-12(15(20)24-3)9-13(11-14)16(21)25-4/h9-11H,5-8H2,1-4H3,(H,18,22). The van der Waals surface area contributed by atoms with Crippen LogP contribution in [0.4, 0.5) is 10.5 Å². The molecule has 25 heavy (non-hydrogen) atoms. The molecule has 0 saturated carbocycles. The molecular weight excluding hydrogens is 328 g/mol. The Labute approximate surface area is 147 Å². The number of hydrogen-bond acceptors (Lipinski definition) is 6. The van der Waals surface area contributed by atoms with E-state index < -0.39 is 11.9 Å². The van der Waals surface area contributed by atoms with Crippen LogP contribution < -0.4 is 5.32 Å². The number of nitrogens with zero attached hydrogens (tertiary/aromatic N) is 1. The largest absolute Gasteiger partial charge is 0.465 e. The van der Waals surface area contributed by atoms with Gasteiger partial charge in [0.15, 0.2) is 0 Å². The van der Waals surface area contributed by atoms with E-state index in [4.69, 9.17) is 4.74 Å². The topological polar surface area (TPSA) is 94.2 Å². The average molecular weight is 352 g/mol. The lowest BCUT2D eigenvalue weighted by atomic mass is 10.1. The van der Waals surface area contributed by atoms with E-state index in [0.29, 0.717) is 25.4 Å². The molecule has 0 saturated heterocycles. The summed E-state index contributed by atoms with van der Waals surface area (Å²) in [5.74, 6) is -1.24. The Balaban J connectivity index is 3.07. The van der Waals surface area contributed by atoms with Gasteiger partial charge in [0.2, 0.25) is 0 Å². The fourth-order valence-corrected chi connectivity index (χ4v) is 2.16. The van der Waals surface area contributed by atoms with Gasteiger partial charge in [-0.05, 0) is 24.6 Å². The van der Waals surface area contributed by atoms with E-state index in [1.54, 1.807) is 12.0 Å². The molecule has 0 unspecified atom stereocenters. The fourth-order valence-electron chi connectivity index (χ4n) is 2.16. The van der Waals surface area contributed by atoms with Crippen molar-refractivity contribution in [2.75, 3.05) is 46.3 Å². The van der Waals surface area contributed by atoms with Crippen molar-refractivity contribution in [2.45, 2.75) is 13.3 Å². The summed E-state index contributed by atoms with van der Waals surface area (Å²) in [6.07, 6.45) is 0.784. The van der Waals surface area contributed by atoms with Crippen LogP contribution in [-0.4, -0.2) is 63.9 Å². The lowest BCUT2D eigenvalue weighted by Gasteiger charge is -2.22. The van der Waals surface area contributed by atoms with Crippen LogP contribution in [0.5, 0.6) is 0 Å². The molecular formula is C17H24N2O6. The maximum atomic E-state index is 12.4. The van der Waals surface area contributed by atoms with Gasteiger partial charge in [-0.2, -0.15) is 0 Å². The maximum Gasteiger partial charge on any atom is 0.337 e. The molecule has 0 aromatic heterocycles. The minimum Gasteiger partial charge on any atom is -0.465 e. The van der Waals surface area contributed by atoms with Crippen molar-refractivity contribution in [2.24, 2.45) is 0 Å². The summed E-state index contributed by atoms with van der Waals surface area (Å²) in [7, 11) is 4.03. The first-order valence-corrected chi connectivity index (χ1v) is 7.83. The minimum absolute atomic E-state index is 0.139. The zero-order valence-electron chi connectivity index (χ0n) is 15.0. The summed E-state index contributed by atoms with van der Waals surface area (Å²) in [5.41, 5.74) is 0.575. The molecule has 8 heteroatoms. The number of amides is 2. The van der Waals surface area contributed by atoms with Crippen molar-refractivity contribution in [3.8, 4) is 0 Å². The first kappa shape index (κ1) is 20.4. The number of rotatable bonds is 8. The van der Waals surface area contributed by atoms with Crippen molar-refractivity contribution in [1.29, 1.82) is 0 Å². The third-order valence-corrected chi connectivity index (χ3v) is 3.37. The summed E-state index contributed by atoms with van der Waals surface area (Å²) in [4.78, 5) is 37.6. The van der Waals surface area contributed by atoms with Crippen LogP contribution in [0.3, 0.4) is 0 Å². The van der Waals surface area contributed by atoms with Gasteiger partial charge >= 0.3 is 18.0 Å². The normalized spacial score (nSPS) is 10.1. The number of carbonyl (C=O) groups is 3. The monoisotopic (exact) mass is 352 g/mol. The molecule has 0 radical (unpaired) electrons. The summed E-state index contributed by atoms with van der Waals surface area (Å²) in [6, 6.07) is 3.88. The lowest BCUT2D eigenvalue weighted by molar-refractivity contribution is 0.0599. The third-order valence-electron chi connectivity index (χ3n) is 3.37. The Kier molecular flexibility index (Phi) is 8.42. The molecule has 1 N–H and O–H groups in total. The second-order valence-electron chi connectivity index (χ2n) is 5.19. The van der Waals surface area contributed by atoms with E-state index in [1.807, 2.05) is 6.92 Å². The SMILES string of the molecule is CCCN(CCOC)C(=O)Nc1cc(C(=O)OC)cc(C(=O)OC)c1. The van der Waals surface area contributed by atoms with E-state index in [1.165, 1.54) is 32.4 Å². The van der Waals surface area contributed by atoms with Gasteiger partial charge in [-0.25, -0.2) is 14.4 Å². The van der Waals surface area contributed by atoms with Gasteiger partial charge in [-0.3, -0.25) is 0 Å². The van der Waals surface area contributed by atoms with Gasteiger partial charge in [-0.15, -0.1) is 0 Å². The molecule has 2 amide bonds. The average Bonchev–Trinajstić information content (AvgIpc) is 2.63. The second kappa shape index (κ2) is 10.3.